The summed E-state index contributed by atoms with van der Waals surface area (Å²) in [5.74, 6) is -1.67. The number of fused-ring (bicyclic) bond motifs is 1. The van der Waals surface area contributed by atoms with Crippen LogP contribution in [0.4, 0.5) is 14.5 Å². The maximum absolute atomic E-state index is 14.1. The normalized spacial score (nSPS) is 16.0. The lowest BCUT2D eigenvalue weighted by Gasteiger charge is -2.30. The van der Waals surface area contributed by atoms with Gasteiger partial charge in [0, 0.05) is 16.8 Å². The van der Waals surface area contributed by atoms with Gasteiger partial charge in [-0.05, 0) is 55.0 Å². The first-order valence-corrected chi connectivity index (χ1v) is 9.15. The van der Waals surface area contributed by atoms with Crippen LogP contribution in [-0.4, -0.2) is 23.3 Å². The first-order valence-electron chi connectivity index (χ1n) is 9.15. The van der Waals surface area contributed by atoms with Crippen molar-refractivity contribution in [3.05, 3.63) is 101 Å². The molecule has 2 amide bonds. The summed E-state index contributed by atoms with van der Waals surface area (Å²) >= 11 is 0. The van der Waals surface area contributed by atoms with Gasteiger partial charge in [0.2, 0.25) is 5.91 Å². The summed E-state index contributed by atoms with van der Waals surface area (Å²) in [6.45, 7) is 1.69. The molecule has 4 rings (SSSR count). The summed E-state index contributed by atoms with van der Waals surface area (Å²) in [4.78, 5) is 27.2. The molecule has 0 spiro atoms. The number of hydrogen-bond donors (Lipinski definition) is 1. The minimum Gasteiger partial charge on any atom is -0.324 e. The Labute approximate surface area is 166 Å². The van der Waals surface area contributed by atoms with Gasteiger partial charge >= 0.3 is 0 Å². The zero-order chi connectivity index (χ0) is 20.5. The van der Waals surface area contributed by atoms with E-state index in [2.05, 4.69) is 5.32 Å². The number of hydrogen-bond acceptors (Lipinski definition) is 2. The number of carbonyl (C=O) groups is 2. The molecule has 3 aromatic rings. The second kappa shape index (κ2) is 7.47. The number of amides is 2. The standard InChI is InChI=1S/C23H18F2N2O2/c1-14-2-4-16(5-3-14)23(29)27-13-21(28)26-20-11-10-18(25)12-19(20)22(27)15-6-8-17(24)9-7-15/h2-12,22H,13H2,1H3,(H,26,28). The maximum atomic E-state index is 14.1. The molecule has 1 atom stereocenters. The molecule has 0 saturated carbocycles. The van der Waals surface area contributed by atoms with Gasteiger partial charge in [-0.1, -0.05) is 29.8 Å². The van der Waals surface area contributed by atoms with Crippen LogP contribution >= 0.6 is 0 Å². The van der Waals surface area contributed by atoms with E-state index in [1.165, 1.54) is 35.2 Å². The Morgan fingerprint density at radius 3 is 2.31 bits per heavy atom. The van der Waals surface area contributed by atoms with Crippen molar-refractivity contribution in [2.45, 2.75) is 13.0 Å². The Morgan fingerprint density at radius 1 is 0.966 bits per heavy atom. The van der Waals surface area contributed by atoms with Gasteiger partial charge in [0.05, 0.1) is 6.04 Å². The molecular formula is C23H18F2N2O2. The number of aryl methyl sites for hydroxylation is 1. The van der Waals surface area contributed by atoms with Crippen LogP contribution in [0.15, 0.2) is 66.7 Å². The van der Waals surface area contributed by atoms with Gasteiger partial charge < -0.3 is 10.2 Å². The van der Waals surface area contributed by atoms with Crippen LogP contribution < -0.4 is 5.32 Å². The van der Waals surface area contributed by atoms with E-state index in [1.54, 1.807) is 24.3 Å². The Morgan fingerprint density at radius 2 is 1.62 bits per heavy atom. The second-order valence-electron chi connectivity index (χ2n) is 7.03. The molecule has 1 aliphatic rings. The van der Waals surface area contributed by atoms with Crippen LogP contribution in [0.3, 0.4) is 0 Å². The number of benzene rings is 3. The quantitative estimate of drug-likeness (QED) is 0.700. The summed E-state index contributed by atoms with van der Waals surface area (Å²) in [5.41, 5.74) is 2.84. The van der Waals surface area contributed by atoms with Crippen molar-refractivity contribution in [3.8, 4) is 0 Å². The van der Waals surface area contributed by atoms with Crippen molar-refractivity contribution in [1.82, 2.24) is 4.90 Å². The Bertz CT molecular complexity index is 1080. The highest BCUT2D eigenvalue weighted by molar-refractivity contribution is 6.01. The molecule has 4 nitrogen and oxygen atoms in total. The Balaban J connectivity index is 1.88. The molecule has 0 fully saturated rings. The van der Waals surface area contributed by atoms with Gasteiger partial charge in [-0.3, -0.25) is 9.59 Å². The molecular weight excluding hydrogens is 374 g/mol. The summed E-state index contributed by atoms with van der Waals surface area (Å²) in [7, 11) is 0. The number of anilines is 1. The SMILES string of the molecule is Cc1ccc(C(=O)N2CC(=O)Nc3ccc(F)cc3C2c2ccc(F)cc2)cc1. The van der Waals surface area contributed by atoms with Crippen LogP contribution in [0.2, 0.25) is 0 Å². The monoisotopic (exact) mass is 392 g/mol. The van der Waals surface area contributed by atoms with E-state index in [9.17, 15) is 18.4 Å². The van der Waals surface area contributed by atoms with Crippen molar-refractivity contribution < 1.29 is 18.4 Å². The van der Waals surface area contributed by atoms with Crippen molar-refractivity contribution in [3.63, 3.8) is 0 Å². The fourth-order valence-electron chi connectivity index (χ4n) is 3.53. The zero-order valence-electron chi connectivity index (χ0n) is 15.7. The van der Waals surface area contributed by atoms with E-state index in [-0.39, 0.29) is 18.4 Å². The van der Waals surface area contributed by atoms with Crippen molar-refractivity contribution >= 4 is 17.5 Å². The van der Waals surface area contributed by atoms with Gasteiger partial charge in [-0.25, -0.2) is 8.78 Å². The topological polar surface area (TPSA) is 49.4 Å². The van der Waals surface area contributed by atoms with Crippen molar-refractivity contribution in [2.75, 3.05) is 11.9 Å². The van der Waals surface area contributed by atoms with Gasteiger partial charge in [0.25, 0.3) is 5.91 Å². The molecule has 0 radical (unpaired) electrons. The Kier molecular flexibility index (Phi) is 4.84. The molecule has 3 aromatic carbocycles. The first kappa shape index (κ1) is 18.8. The highest BCUT2D eigenvalue weighted by atomic mass is 19.1. The van der Waals surface area contributed by atoms with Crippen LogP contribution in [0.1, 0.15) is 33.1 Å². The zero-order valence-corrected chi connectivity index (χ0v) is 15.7. The molecule has 1 heterocycles. The van der Waals surface area contributed by atoms with E-state index in [4.69, 9.17) is 0 Å². The average Bonchev–Trinajstić information content (AvgIpc) is 2.84. The van der Waals surface area contributed by atoms with E-state index in [0.717, 1.165) is 5.56 Å². The Hall–Kier alpha value is -3.54. The van der Waals surface area contributed by atoms with Gasteiger partial charge in [0.1, 0.15) is 18.2 Å². The van der Waals surface area contributed by atoms with Gasteiger partial charge in [-0.15, -0.1) is 0 Å². The fraction of sp³-hybridized carbons (Fsp3) is 0.130. The fourth-order valence-corrected chi connectivity index (χ4v) is 3.53. The summed E-state index contributed by atoms with van der Waals surface area (Å²) in [5, 5.41) is 2.73. The number of carbonyl (C=O) groups excluding carboxylic acids is 2. The minimum atomic E-state index is -0.756. The lowest BCUT2D eigenvalue weighted by molar-refractivity contribution is -0.117. The molecule has 0 aliphatic carbocycles. The van der Waals surface area contributed by atoms with E-state index in [0.29, 0.717) is 22.4 Å². The molecule has 1 unspecified atom stereocenters. The summed E-state index contributed by atoms with van der Waals surface area (Å²) in [6.07, 6.45) is 0. The molecule has 0 aromatic heterocycles. The lowest BCUT2D eigenvalue weighted by Crippen LogP contribution is -2.39. The third-order valence-corrected chi connectivity index (χ3v) is 4.95. The average molecular weight is 392 g/mol. The van der Waals surface area contributed by atoms with Crippen molar-refractivity contribution in [2.24, 2.45) is 0 Å². The third kappa shape index (κ3) is 3.74. The highest BCUT2D eigenvalue weighted by Crippen LogP contribution is 2.37. The van der Waals surface area contributed by atoms with Crippen molar-refractivity contribution in [1.29, 1.82) is 0 Å². The summed E-state index contributed by atoms with van der Waals surface area (Å²) in [6, 6.07) is 15.9. The molecule has 146 valence electrons. The molecule has 0 bridgehead atoms. The molecule has 1 N–H and O–H groups in total. The van der Waals surface area contributed by atoms with Crippen LogP contribution in [0, 0.1) is 18.6 Å². The maximum Gasteiger partial charge on any atom is 0.255 e. The smallest absolute Gasteiger partial charge is 0.255 e. The molecule has 6 heteroatoms. The lowest BCUT2D eigenvalue weighted by atomic mass is 9.95. The van der Waals surface area contributed by atoms with E-state index >= 15 is 0 Å². The predicted octanol–water partition coefficient (Wildman–Crippen LogP) is 4.46. The van der Waals surface area contributed by atoms with Crippen LogP contribution in [-0.2, 0) is 4.79 Å². The van der Waals surface area contributed by atoms with Gasteiger partial charge in [-0.2, -0.15) is 0 Å². The van der Waals surface area contributed by atoms with Crippen LogP contribution in [0.5, 0.6) is 0 Å². The second-order valence-corrected chi connectivity index (χ2v) is 7.03. The number of nitrogens with one attached hydrogen (secondary N) is 1. The molecule has 1 aliphatic heterocycles. The number of nitrogens with zero attached hydrogens (tertiary/aromatic N) is 1. The first-order chi connectivity index (χ1) is 13.9. The summed E-state index contributed by atoms with van der Waals surface area (Å²) < 4.78 is 27.6. The number of halogens is 2. The highest BCUT2D eigenvalue weighted by Gasteiger charge is 2.34. The molecule has 29 heavy (non-hydrogen) atoms. The number of rotatable bonds is 2. The van der Waals surface area contributed by atoms with E-state index < -0.39 is 17.7 Å². The minimum absolute atomic E-state index is 0.217. The largest absolute Gasteiger partial charge is 0.324 e. The molecule has 0 saturated heterocycles. The van der Waals surface area contributed by atoms with Crippen LogP contribution in [0.25, 0.3) is 0 Å². The van der Waals surface area contributed by atoms with Gasteiger partial charge in [0.15, 0.2) is 0 Å². The predicted molar refractivity (Wildman–Crippen MR) is 105 cm³/mol. The van der Waals surface area contributed by atoms with E-state index in [1.807, 2.05) is 19.1 Å². The third-order valence-electron chi connectivity index (χ3n) is 4.95.